The number of aryl methyl sites for hydroxylation is 2. The van der Waals surface area contributed by atoms with E-state index in [0.717, 1.165) is 5.56 Å². The van der Waals surface area contributed by atoms with Crippen molar-refractivity contribution >= 4 is 5.97 Å². The second kappa shape index (κ2) is 4.60. The molecule has 1 aromatic rings. The monoisotopic (exact) mass is 195 g/mol. The Morgan fingerprint density at radius 3 is 2.86 bits per heavy atom. The zero-order valence-electron chi connectivity index (χ0n) is 8.06. The molecule has 14 heavy (non-hydrogen) atoms. The van der Waals surface area contributed by atoms with Crippen molar-refractivity contribution in [3.63, 3.8) is 0 Å². The quantitative estimate of drug-likeness (QED) is 0.780. The third kappa shape index (κ3) is 3.05. The highest BCUT2D eigenvalue weighted by Gasteiger charge is 1.99. The van der Waals surface area contributed by atoms with Crippen molar-refractivity contribution in [3.05, 3.63) is 34.2 Å². The van der Waals surface area contributed by atoms with Crippen LogP contribution in [0, 0.1) is 6.92 Å². The van der Waals surface area contributed by atoms with Crippen LogP contribution in [-0.2, 0) is 11.3 Å². The van der Waals surface area contributed by atoms with E-state index in [4.69, 9.17) is 5.11 Å². The first kappa shape index (κ1) is 10.5. The predicted octanol–water partition coefficient (Wildman–Crippen LogP) is 1.02. The van der Waals surface area contributed by atoms with E-state index in [9.17, 15) is 9.59 Å². The van der Waals surface area contributed by atoms with Gasteiger partial charge in [-0.25, -0.2) is 0 Å². The first-order valence-electron chi connectivity index (χ1n) is 4.48. The van der Waals surface area contributed by atoms with Crippen LogP contribution in [0.15, 0.2) is 23.1 Å². The van der Waals surface area contributed by atoms with E-state index < -0.39 is 5.97 Å². The minimum atomic E-state index is -0.828. The number of aliphatic carboxylic acids is 1. The summed E-state index contributed by atoms with van der Waals surface area (Å²) in [5.41, 5.74) is 0.918. The number of pyridine rings is 1. The van der Waals surface area contributed by atoms with Crippen LogP contribution in [0.4, 0.5) is 0 Å². The SMILES string of the molecule is Cc1ccc(=O)n(CCCC(=O)O)c1. The van der Waals surface area contributed by atoms with Crippen molar-refractivity contribution in [2.45, 2.75) is 26.3 Å². The Bertz CT molecular complexity index is 381. The van der Waals surface area contributed by atoms with Crippen LogP contribution in [0.1, 0.15) is 18.4 Å². The fraction of sp³-hybridized carbons (Fsp3) is 0.400. The van der Waals surface area contributed by atoms with Crippen molar-refractivity contribution < 1.29 is 9.90 Å². The highest BCUT2D eigenvalue weighted by Crippen LogP contribution is 1.96. The maximum absolute atomic E-state index is 11.3. The molecule has 0 aliphatic heterocycles. The normalized spacial score (nSPS) is 10.1. The summed E-state index contributed by atoms with van der Waals surface area (Å²) in [7, 11) is 0. The zero-order chi connectivity index (χ0) is 10.6. The van der Waals surface area contributed by atoms with Gasteiger partial charge >= 0.3 is 5.97 Å². The molecule has 0 fully saturated rings. The number of rotatable bonds is 4. The fourth-order valence-electron chi connectivity index (χ4n) is 1.23. The van der Waals surface area contributed by atoms with Gasteiger partial charge in [-0.05, 0) is 18.9 Å². The Kier molecular flexibility index (Phi) is 3.45. The lowest BCUT2D eigenvalue weighted by Crippen LogP contribution is -2.19. The van der Waals surface area contributed by atoms with Crippen LogP contribution in [0.5, 0.6) is 0 Å². The van der Waals surface area contributed by atoms with Crippen LogP contribution < -0.4 is 5.56 Å². The van der Waals surface area contributed by atoms with E-state index in [1.807, 2.05) is 6.92 Å². The van der Waals surface area contributed by atoms with Crippen molar-refractivity contribution in [2.75, 3.05) is 0 Å². The molecule has 0 radical (unpaired) electrons. The molecule has 4 nitrogen and oxygen atoms in total. The summed E-state index contributed by atoms with van der Waals surface area (Å²) in [5.74, 6) is -0.828. The minimum Gasteiger partial charge on any atom is -0.481 e. The molecule has 0 unspecified atom stereocenters. The third-order valence-electron chi connectivity index (χ3n) is 1.92. The molecule has 1 rings (SSSR count). The number of hydrogen-bond acceptors (Lipinski definition) is 2. The van der Waals surface area contributed by atoms with Gasteiger partial charge in [0.15, 0.2) is 0 Å². The molecule has 1 heterocycles. The van der Waals surface area contributed by atoms with Gasteiger partial charge in [0.05, 0.1) is 0 Å². The molecular weight excluding hydrogens is 182 g/mol. The maximum atomic E-state index is 11.3. The second-order valence-corrected chi connectivity index (χ2v) is 3.24. The molecule has 0 spiro atoms. The van der Waals surface area contributed by atoms with Crippen LogP contribution in [0.3, 0.4) is 0 Å². The van der Waals surface area contributed by atoms with E-state index in [1.54, 1.807) is 12.3 Å². The molecule has 0 saturated carbocycles. The van der Waals surface area contributed by atoms with Crippen LogP contribution in [-0.4, -0.2) is 15.6 Å². The average Bonchev–Trinajstić information content (AvgIpc) is 2.10. The Hall–Kier alpha value is -1.58. The molecular formula is C10H13NO3. The zero-order valence-corrected chi connectivity index (χ0v) is 8.06. The summed E-state index contributed by atoms with van der Waals surface area (Å²) in [4.78, 5) is 21.5. The molecule has 0 amide bonds. The number of aromatic nitrogens is 1. The molecule has 0 atom stereocenters. The molecule has 76 valence electrons. The summed E-state index contributed by atoms with van der Waals surface area (Å²) in [5, 5.41) is 8.43. The van der Waals surface area contributed by atoms with Crippen LogP contribution in [0.2, 0.25) is 0 Å². The van der Waals surface area contributed by atoms with Crippen molar-refractivity contribution in [1.29, 1.82) is 0 Å². The molecule has 1 aromatic heterocycles. The van der Waals surface area contributed by atoms with E-state index in [-0.39, 0.29) is 12.0 Å². The topological polar surface area (TPSA) is 59.3 Å². The first-order chi connectivity index (χ1) is 6.59. The van der Waals surface area contributed by atoms with Crippen LogP contribution in [0.25, 0.3) is 0 Å². The highest BCUT2D eigenvalue weighted by molar-refractivity contribution is 5.66. The summed E-state index contributed by atoms with van der Waals surface area (Å²) < 4.78 is 1.54. The summed E-state index contributed by atoms with van der Waals surface area (Å²) >= 11 is 0. The maximum Gasteiger partial charge on any atom is 0.303 e. The molecule has 0 saturated heterocycles. The van der Waals surface area contributed by atoms with E-state index >= 15 is 0 Å². The largest absolute Gasteiger partial charge is 0.481 e. The molecule has 0 aliphatic carbocycles. The van der Waals surface area contributed by atoms with Gasteiger partial charge in [0.1, 0.15) is 0 Å². The van der Waals surface area contributed by atoms with Gasteiger partial charge in [-0.1, -0.05) is 6.07 Å². The number of carbonyl (C=O) groups is 1. The predicted molar refractivity (Wildman–Crippen MR) is 52.3 cm³/mol. The standard InChI is InChI=1S/C10H13NO3/c1-8-4-5-9(12)11(7-8)6-2-3-10(13)14/h4-5,7H,2-3,6H2,1H3,(H,13,14). The lowest BCUT2D eigenvalue weighted by atomic mass is 10.3. The molecule has 0 aromatic carbocycles. The second-order valence-electron chi connectivity index (χ2n) is 3.24. The number of nitrogens with zero attached hydrogens (tertiary/aromatic N) is 1. The van der Waals surface area contributed by atoms with E-state index in [0.29, 0.717) is 13.0 Å². The average molecular weight is 195 g/mol. The lowest BCUT2D eigenvalue weighted by molar-refractivity contribution is -0.137. The van der Waals surface area contributed by atoms with Gasteiger partial charge < -0.3 is 9.67 Å². The first-order valence-corrected chi connectivity index (χ1v) is 4.48. The van der Waals surface area contributed by atoms with Gasteiger partial charge in [0, 0.05) is 25.2 Å². The molecule has 4 heteroatoms. The third-order valence-corrected chi connectivity index (χ3v) is 1.92. The molecule has 1 N–H and O–H groups in total. The van der Waals surface area contributed by atoms with Gasteiger partial charge in [-0.2, -0.15) is 0 Å². The smallest absolute Gasteiger partial charge is 0.303 e. The van der Waals surface area contributed by atoms with E-state index in [1.165, 1.54) is 10.6 Å². The summed E-state index contributed by atoms with van der Waals surface area (Å²) in [6, 6.07) is 3.24. The Morgan fingerprint density at radius 2 is 2.21 bits per heavy atom. The Balaban J connectivity index is 2.62. The number of hydrogen-bond donors (Lipinski definition) is 1. The Morgan fingerprint density at radius 1 is 1.50 bits per heavy atom. The molecule has 0 aliphatic rings. The Labute approximate surface area is 81.8 Å². The lowest BCUT2D eigenvalue weighted by Gasteiger charge is -2.04. The fourth-order valence-corrected chi connectivity index (χ4v) is 1.23. The number of carboxylic acid groups (broad SMARTS) is 1. The van der Waals surface area contributed by atoms with Gasteiger partial charge in [0.2, 0.25) is 0 Å². The van der Waals surface area contributed by atoms with E-state index in [2.05, 4.69) is 0 Å². The van der Waals surface area contributed by atoms with Crippen molar-refractivity contribution in [3.8, 4) is 0 Å². The minimum absolute atomic E-state index is 0.0824. The van der Waals surface area contributed by atoms with Gasteiger partial charge in [-0.15, -0.1) is 0 Å². The summed E-state index contributed by atoms with van der Waals surface area (Å²) in [6.07, 6.45) is 2.32. The van der Waals surface area contributed by atoms with Crippen molar-refractivity contribution in [1.82, 2.24) is 4.57 Å². The number of carboxylic acids is 1. The summed E-state index contributed by atoms with van der Waals surface area (Å²) in [6.45, 7) is 2.36. The van der Waals surface area contributed by atoms with Crippen molar-refractivity contribution in [2.24, 2.45) is 0 Å². The highest BCUT2D eigenvalue weighted by atomic mass is 16.4. The van der Waals surface area contributed by atoms with Gasteiger partial charge in [0.25, 0.3) is 5.56 Å². The van der Waals surface area contributed by atoms with Crippen LogP contribution >= 0.6 is 0 Å². The molecule has 0 bridgehead atoms. The van der Waals surface area contributed by atoms with Gasteiger partial charge in [-0.3, -0.25) is 9.59 Å².